The van der Waals surface area contributed by atoms with Crippen LogP contribution < -0.4 is 0 Å². The minimum atomic E-state index is -1.31. The lowest BCUT2D eigenvalue weighted by atomic mass is 9.95. The van der Waals surface area contributed by atoms with Crippen LogP contribution in [0.5, 0.6) is 0 Å². The number of benzene rings is 1. The zero-order valence-electron chi connectivity index (χ0n) is 14.3. The molecule has 2 rings (SSSR count). The Kier molecular flexibility index (Phi) is 6.56. The Labute approximate surface area is 138 Å². The number of aliphatic hydroxyl groups excluding tert-OH is 1. The summed E-state index contributed by atoms with van der Waals surface area (Å²) in [5.74, 6) is -1.12. The molecule has 1 aromatic carbocycles. The van der Waals surface area contributed by atoms with Crippen LogP contribution in [-0.4, -0.2) is 59.9 Å². The Hall–Kier alpha value is -0.980. The van der Waals surface area contributed by atoms with E-state index in [-0.39, 0.29) is 18.6 Å². The number of hydrogen-bond donors (Lipinski definition) is 2. The Bertz CT molecular complexity index is 465. The zero-order valence-corrected chi connectivity index (χ0v) is 14.3. The van der Waals surface area contributed by atoms with E-state index in [2.05, 4.69) is 17.0 Å². The van der Waals surface area contributed by atoms with E-state index in [0.29, 0.717) is 0 Å². The van der Waals surface area contributed by atoms with E-state index in [9.17, 15) is 10.2 Å². The molecule has 0 aliphatic carbocycles. The molecule has 1 heterocycles. The lowest BCUT2D eigenvalue weighted by molar-refractivity contribution is -0.252. The maximum absolute atomic E-state index is 10.1. The zero-order chi connectivity index (χ0) is 16.9. The van der Waals surface area contributed by atoms with Crippen molar-refractivity contribution in [1.29, 1.82) is 0 Å². The summed E-state index contributed by atoms with van der Waals surface area (Å²) in [6, 6.07) is 10.3. The van der Waals surface area contributed by atoms with E-state index >= 15 is 0 Å². The number of hydrogen-bond acceptors (Lipinski definition) is 5. The number of rotatable bonds is 7. The molecule has 5 heteroatoms. The van der Waals surface area contributed by atoms with Crippen LogP contribution in [0.2, 0.25) is 0 Å². The molecule has 130 valence electrons. The second-order valence-electron chi connectivity index (χ2n) is 6.62. The molecule has 0 aromatic heterocycles. The minimum absolute atomic E-state index is 0.0266. The molecule has 4 atom stereocenters. The Morgan fingerprint density at radius 2 is 2.00 bits per heavy atom. The van der Waals surface area contributed by atoms with Crippen LogP contribution in [0.25, 0.3) is 0 Å². The van der Waals surface area contributed by atoms with Crippen molar-refractivity contribution in [2.45, 2.75) is 44.8 Å². The van der Waals surface area contributed by atoms with Crippen LogP contribution in [0.3, 0.4) is 0 Å². The van der Waals surface area contributed by atoms with Gasteiger partial charge in [0, 0.05) is 33.4 Å². The van der Waals surface area contributed by atoms with Gasteiger partial charge in [-0.25, -0.2) is 0 Å². The number of aliphatic hydroxyl groups is 2. The van der Waals surface area contributed by atoms with Crippen molar-refractivity contribution in [3.8, 4) is 0 Å². The fraction of sp³-hybridized carbons (Fsp3) is 0.667. The first-order chi connectivity index (χ1) is 10.9. The van der Waals surface area contributed by atoms with Crippen molar-refractivity contribution in [3.05, 3.63) is 35.9 Å². The van der Waals surface area contributed by atoms with Crippen molar-refractivity contribution in [3.63, 3.8) is 0 Å². The fourth-order valence-electron chi connectivity index (χ4n) is 3.03. The first-order valence-electron chi connectivity index (χ1n) is 8.24. The van der Waals surface area contributed by atoms with Crippen molar-refractivity contribution in [1.82, 2.24) is 4.90 Å². The predicted molar refractivity (Wildman–Crippen MR) is 88.9 cm³/mol. The monoisotopic (exact) mass is 323 g/mol. The number of ether oxygens (including phenoxy) is 2. The van der Waals surface area contributed by atoms with Gasteiger partial charge >= 0.3 is 0 Å². The van der Waals surface area contributed by atoms with Crippen molar-refractivity contribution < 1.29 is 19.7 Å². The van der Waals surface area contributed by atoms with E-state index in [4.69, 9.17) is 9.47 Å². The number of piperidine rings is 1. The third-order valence-corrected chi connectivity index (χ3v) is 4.65. The standard InChI is InChI=1S/C18H29NO4/c1-14(18(2,21)22-3)23-17-9-16(13-20)11-19(12-17)10-15-7-5-4-6-8-15/h4-8,14,16-17,20-21H,9-13H2,1-3H3/t14-,16+,17-,18+/m0/s1. The van der Waals surface area contributed by atoms with Crippen LogP contribution in [0.1, 0.15) is 25.8 Å². The quantitative estimate of drug-likeness (QED) is 0.747. The molecule has 1 aromatic rings. The van der Waals surface area contributed by atoms with E-state index in [1.165, 1.54) is 12.7 Å². The maximum Gasteiger partial charge on any atom is 0.188 e. The molecular weight excluding hydrogens is 294 g/mol. The van der Waals surface area contributed by atoms with Gasteiger partial charge in [-0.2, -0.15) is 0 Å². The van der Waals surface area contributed by atoms with Crippen LogP contribution in [0.4, 0.5) is 0 Å². The van der Waals surface area contributed by atoms with Crippen molar-refractivity contribution in [2.75, 3.05) is 26.8 Å². The highest BCUT2D eigenvalue weighted by molar-refractivity contribution is 5.14. The summed E-state index contributed by atoms with van der Waals surface area (Å²) in [4.78, 5) is 2.30. The third kappa shape index (κ3) is 5.26. The summed E-state index contributed by atoms with van der Waals surface area (Å²) in [6.45, 7) is 6.06. The van der Waals surface area contributed by atoms with Gasteiger partial charge in [0.2, 0.25) is 0 Å². The molecule has 1 aliphatic heterocycles. The second kappa shape index (κ2) is 8.22. The first-order valence-corrected chi connectivity index (χ1v) is 8.24. The second-order valence-corrected chi connectivity index (χ2v) is 6.62. The molecule has 2 N–H and O–H groups in total. The van der Waals surface area contributed by atoms with Gasteiger partial charge in [-0.1, -0.05) is 30.3 Å². The van der Waals surface area contributed by atoms with Crippen LogP contribution >= 0.6 is 0 Å². The molecule has 0 amide bonds. The van der Waals surface area contributed by atoms with Gasteiger partial charge in [0.05, 0.1) is 6.10 Å². The average Bonchev–Trinajstić information content (AvgIpc) is 2.55. The van der Waals surface area contributed by atoms with Gasteiger partial charge < -0.3 is 19.7 Å². The fourth-order valence-corrected chi connectivity index (χ4v) is 3.03. The van der Waals surface area contributed by atoms with Gasteiger partial charge in [-0.05, 0) is 31.7 Å². The smallest absolute Gasteiger partial charge is 0.188 e. The number of methoxy groups -OCH3 is 1. The number of nitrogens with zero attached hydrogens (tertiary/aromatic N) is 1. The Morgan fingerprint density at radius 3 is 2.61 bits per heavy atom. The molecule has 1 fully saturated rings. The molecule has 1 saturated heterocycles. The lowest BCUT2D eigenvalue weighted by Crippen LogP contribution is -2.49. The Balaban J connectivity index is 1.97. The molecule has 0 spiro atoms. The van der Waals surface area contributed by atoms with E-state index in [1.54, 1.807) is 6.92 Å². The predicted octanol–water partition coefficient (Wildman–Crippen LogP) is 1.63. The maximum atomic E-state index is 10.1. The van der Waals surface area contributed by atoms with E-state index < -0.39 is 11.9 Å². The average molecular weight is 323 g/mol. The molecule has 5 nitrogen and oxygen atoms in total. The highest BCUT2D eigenvalue weighted by Gasteiger charge is 2.34. The van der Waals surface area contributed by atoms with Gasteiger partial charge in [0.15, 0.2) is 5.79 Å². The van der Waals surface area contributed by atoms with Crippen LogP contribution in [-0.2, 0) is 16.0 Å². The summed E-state index contributed by atoms with van der Waals surface area (Å²) in [7, 11) is 1.47. The summed E-state index contributed by atoms with van der Waals surface area (Å²) < 4.78 is 11.1. The SMILES string of the molecule is CO[C@@](C)(O)[C@H](C)O[C@H]1C[C@@H](CO)CN(Cc2ccccc2)C1. The summed E-state index contributed by atoms with van der Waals surface area (Å²) >= 11 is 0. The van der Waals surface area contributed by atoms with Crippen molar-refractivity contribution in [2.24, 2.45) is 5.92 Å². The summed E-state index contributed by atoms with van der Waals surface area (Å²) in [6.07, 6.45) is 0.334. The normalized spacial score (nSPS) is 26.7. The third-order valence-electron chi connectivity index (χ3n) is 4.65. The van der Waals surface area contributed by atoms with E-state index in [1.807, 2.05) is 25.1 Å². The van der Waals surface area contributed by atoms with Crippen LogP contribution in [0, 0.1) is 5.92 Å². The molecule has 1 aliphatic rings. The molecular formula is C18H29NO4. The number of likely N-dealkylation sites (tertiary alicyclic amines) is 1. The topological polar surface area (TPSA) is 62.2 Å². The Morgan fingerprint density at radius 1 is 1.30 bits per heavy atom. The van der Waals surface area contributed by atoms with E-state index in [0.717, 1.165) is 26.1 Å². The first kappa shape index (κ1) is 18.4. The van der Waals surface area contributed by atoms with Crippen LogP contribution in [0.15, 0.2) is 30.3 Å². The largest absolute Gasteiger partial charge is 0.396 e. The summed E-state index contributed by atoms with van der Waals surface area (Å²) in [5.41, 5.74) is 1.25. The molecule has 0 saturated carbocycles. The van der Waals surface area contributed by atoms with Gasteiger partial charge in [-0.3, -0.25) is 4.90 Å². The molecule has 0 bridgehead atoms. The highest BCUT2D eigenvalue weighted by atomic mass is 16.6. The highest BCUT2D eigenvalue weighted by Crippen LogP contribution is 2.24. The van der Waals surface area contributed by atoms with Gasteiger partial charge in [-0.15, -0.1) is 0 Å². The minimum Gasteiger partial charge on any atom is -0.396 e. The molecule has 0 radical (unpaired) electrons. The van der Waals surface area contributed by atoms with Gasteiger partial charge in [0.25, 0.3) is 0 Å². The summed E-state index contributed by atoms with van der Waals surface area (Å²) in [5, 5.41) is 19.7. The lowest BCUT2D eigenvalue weighted by Gasteiger charge is -2.40. The van der Waals surface area contributed by atoms with Crippen molar-refractivity contribution >= 4 is 0 Å². The molecule has 23 heavy (non-hydrogen) atoms. The molecule has 0 unspecified atom stereocenters. The van der Waals surface area contributed by atoms with Gasteiger partial charge in [0.1, 0.15) is 6.10 Å².